The van der Waals surface area contributed by atoms with E-state index in [4.69, 9.17) is 22.1 Å². The lowest BCUT2D eigenvalue weighted by atomic mass is 10.1. The molecule has 0 aliphatic rings. The Bertz CT molecular complexity index is 492. The van der Waals surface area contributed by atoms with E-state index < -0.39 is 0 Å². The highest BCUT2D eigenvalue weighted by Crippen LogP contribution is 2.14. The molecule has 0 radical (unpaired) electrons. The third-order valence-corrected chi connectivity index (χ3v) is 2.39. The molecule has 4 heteroatoms. The van der Waals surface area contributed by atoms with Gasteiger partial charge in [0.2, 0.25) is 0 Å². The number of hydrogen-bond acceptors (Lipinski definition) is 3. The largest absolute Gasteiger partial charge is 0.381 e. The van der Waals surface area contributed by atoms with E-state index in [2.05, 4.69) is 5.32 Å². The lowest BCUT2D eigenvalue weighted by Gasteiger charge is -2.06. The fourth-order valence-corrected chi connectivity index (χ4v) is 1.20. The van der Waals surface area contributed by atoms with Crippen LogP contribution in [0.2, 0.25) is 0 Å². The van der Waals surface area contributed by atoms with E-state index in [-0.39, 0.29) is 0 Å². The van der Waals surface area contributed by atoms with Gasteiger partial charge >= 0.3 is 0 Å². The summed E-state index contributed by atoms with van der Waals surface area (Å²) in [6.45, 7) is 2.51. The number of benzene rings is 1. The van der Waals surface area contributed by atoms with Gasteiger partial charge in [0.1, 0.15) is 12.1 Å². The molecule has 3 nitrogen and oxygen atoms in total. The number of anilines is 1. The first-order valence-corrected chi connectivity index (χ1v) is 5.09. The van der Waals surface area contributed by atoms with E-state index in [0.29, 0.717) is 17.7 Å². The summed E-state index contributed by atoms with van der Waals surface area (Å²) in [7, 11) is 0. The summed E-state index contributed by atoms with van der Waals surface area (Å²) in [6, 6.07) is 9.00. The number of nitrogens with one attached hydrogen (secondary N) is 1. The van der Waals surface area contributed by atoms with Crippen molar-refractivity contribution < 1.29 is 0 Å². The summed E-state index contributed by atoms with van der Waals surface area (Å²) >= 11 is 5.53. The van der Waals surface area contributed by atoms with Crippen molar-refractivity contribution in [2.75, 3.05) is 11.9 Å². The summed E-state index contributed by atoms with van der Waals surface area (Å²) in [5.74, 6) is 0. The molecule has 1 aromatic carbocycles. The third kappa shape index (κ3) is 3.02. The Hall–Kier alpha value is -1.97. The van der Waals surface area contributed by atoms with Crippen molar-refractivity contribution in [1.29, 1.82) is 10.5 Å². The topological polar surface area (TPSA) is 59.6 Å². The Kier molecular flexibility index (Phi) is 4.39. The van der Waals surface area contributed by atoms with Crippen LogP contribution in [0.1, 0.15) is 18.1 Å². The van der Waals surface area contributed by atoms with Crippen LogP contribution >= 0.6 is 11.6 Å². The minimum Gasteiger partial charge on any atom is -0.381 e. The average molecular weight is 232 g/mol. The molecule has 16 heavy (non-hydrogen) atoms. The number of rotatable bonds is 3. The number of hydrogen-bond donors (Lipinski definition) is 1. The first-order chi connectivity index (χ1) is 7.71. The molecule has 0 aliphatic heterocycles. The van der Waals surface area contributed by atoms with Crippen LogP contribution in [0.3, 0.4) is 0 Å². The molecule has 0 aliphatic carbocycles. The number of nitrogens with zero attached hydrogens (tertiary/aromatic N) is 2. The first kappa shape index (κ1) is 12.1. The monoisotopic (exact) mass is 231 g/mol. The van der Waals surface area contributed by atoms with Crippen molar-refractivity contribution in [3.63, 3.8) is 0 Å². The summed E-state index contributed by atoms with van der Waals surface area (Å²) in [5, 5.41) is 20.7. The summed E-state index contributed by atoms with van der Waals surface area (Å²) < 4.78 is 0. The van der Waals surface area contributed by atoms with Crippen molar-refractivity contribution in [3.8, 4) is 12.1 Å². The predicted octanol–water partition coefficient (Wildman–Crippen LogP) is 2.98. The standard InChI is InChI=1S/C12H10ClN3/c1-9(5-13)8-16-12-3-2-10(6-14)11(4-12)7-15/h2-5,16H,8H2,1H3/b9-5-. The molecule has 1 N–H and O–H groups in total. The smallest absolute Gasteiger partial charge is 0.101 e. The fraction of sp³-hybridized carbons (Fsp3) is 0.167. The van der Waals surface area contributed by atoms with Crippen LogP contribution in [-0.2, 0) is 0 Å². The summed E-state index contributed by atoms with van der Waals surface area (Å²) in [5.41, 5.74) is 4.05. The quantitative estimate of drug-likeness (QED) is 0.870. The van der Waals surface area contributed by atoms with Crippen molar-refractivity contribution in [1.82, 2.24) is 0 Å². The van der Waals surface area contributed by atoms with Gasteiger partial charge in [-0.05, 0) is 30.7 Å². The van der Waals surface area contributed by atoms with E-state index in [1.54, 1.807) is 18.2 Å². The Morgan fingerprint density at radius 3 is 2.62 bits per heavy atom. The number of nitriles is 2. The molecular formula is C12H10ClN3. The van der Waals surface area contributed by atoms with E-state index in [1.807, 2.05) is 19.1 Å². The van der Waals surface area contributed by atoms with E-state index in [9.17, 15) is 0 Å². The molecular weight excluding hydrogens is 222 g/mol. The van der Waals surface area contributed by atoms with Gasteiger partial charge in [-0.3, -0.25) is 0 Å². The molecule has 80 valence electrons. The van der Waals surface area contributed by atoms with Gasteiger partial charge in [0.05, 0.1) is 11.1 Å². The molecule has 1 aromatic rings. The highest BCUT2D eigenvalue weighted by molar-refractivity contribution is 6.25. The van der Waals surface area contributed by atoms with Crippen molar-refractivity contribution in [2.24, 2.45) is 0 Å². The minimum absolute atomic E-state index is 0.375. The first-order valence-electron chi connectivity index (χ1n) is 4.65. The van der Waals surface area contributed by atoms with Gasteiger partial charge in [-0.25, -0.2) is 0 Å². The lowest BCUT2D eigenvalue weighted by molar-refractivity contribution is 1.21. The zero-order chi connectivity index (χ0) is 12.0. The molecule has 0 spiro atoms. The highest BCUT2D eigenvalue weighted by Gasteiger charge is 2.02. The van der Waals surface area contributed by atoms with E-state index in [0.717, 1.165) is 11.3 Å². The SMILES string of the molecule is C/C(=C/Cl)CNc1ccc(C#N)c(C#N)c1. The maximum atomic E-state index is 8.84. The van der Waals surface area contributed by atoms with Crippen LogP contribution in [-0.4, -0.2) is 6.54 Å². The molecule has 0 heterocycles. The van der Waals surface area contributed by atoms with Gasteiger partial charge in [0, 0.05) is 17.8 Å². The van der Waals surface area contributed by atoms with Crippen molar-refractivity contribution in [2.45, 2.75) is 6.92 Å². The molecule has 0 amide bonds. The Labute approximate surface area is 99.6 Å². The summed E-state index contributed by atoms with van der Waals surface area (Å²) in [6.07, 6.45) is 0. The molecule has 0 saturated heterocycles. The second kappa shape index (κ2) is 5.80. The normalized spacial score (nSPS) is 10.4. The van der Waals surface area contributed by atoms with Gasteiger partial charge in [-0.1, -0.05) is 11.6 Å². The van der Waals surface area contributed by atoms with Gasteiger partial charge < -0.3 is 5.32 Å². The van der Waals surface area contributed by atoms with Crippen LogP contribution in [0.5, 0.6) is 0 Å². The summed E-state index contributed by atoms with van der Waals surface area (Å²) in [4.78, 5) is 0. The Morgan fingerprint density at radius 1 is 1.38 bits per heavy atom. The van der Waals surface area contributed by atoms with Crippen LogP contribution < -0.4 is 5.32 Å². The van der Waals surface area contributed by atoms with Crippen LogP contribution in [0.25, 0.3) is 0 Å². The third-order valence-electron chi connectivity index (χ3n) is 2.02. The minimum atomic E-state index is 0.375. The van der Waals surface area contributed by atoms with Crippen LogP contribution in [0.15, 0.2) is 29.3 Å². The van der Waals surface area contributed by atoms with Crippen LogP contribution in [0.4, 0.5) is 5.69 Å². The fourth-order valence-electron chi connectivity index (χ4n) is 1.12. The van der Waals surface area contributed by atoms with Gasteiger partial charge in [-0.2, -0.15) is 10.5 Å². The zero-order valence-corrected chi connectivity index (χ0v) is 9.54. The second-order valence-electron chi connectivity index (χ2n) is 3.29. The molecule has 0 atom stereocenters. The average Bonchev–Trinajstić information content (AvgIpc) is 2.35. The van der Waals surface area contributed by atoms with Crippen molar-refractivity contribution >= 4 is 17.3 Å². The molecule has 0 saturated carbocycles. The molecule has 0 fully saturated rings. The van der Waals surface area contributed by atoms with E-state index in [1.165, 1.54) is 5.54 Å². The predicted molar refractivity (Wildman–Crippen MR) is 64.0 cm³/mol. The zero-order valence-electron chi connectivity index (χ0n) is 8.79. The second-order valence-corrected chi connectivity index (χ2v) is 3.51. The Balaban J connectivity index is 2.86. The molecule has 0 unspecified atom stereocenters. The molecule has 0 aromatic heterocycles. The maximum absolute atomic E-state index is 8.84. The van der Waals surface area contributed by atoms with Crippen LogP contribution in [0, 0.1) is 22.7 Å². The lowest BCUT2D eigenvalue weighted by Crippen LogP contribution is -2.02. The van der Waals surface area contributed by atoms with Gasteiger partial charge in [0.25, 0.3) is 0 Å². The van der Waals surface area contributed by atoms with Gasteiger partial charge in [0.15, 0.2) is 0 Å². The molecule has 0 bridgehead atoms. The van der Waals surface area contributed by atoms with Gasteiger partial charge in [-0.15, -0.1) is 0 Å². The van der Waals surface area contributed by atoms with Crippen molar-refractivity contribution in [3.05, 3.63) is 40.4 Å². The van der Waals surface area contributed by atoms with E-state index >= 15 is 0 Å². The Morgan fingerprint density at radius 2 is 2.06 bits per heavy atom. The highest BCUT2D eigenvalue weighted by atomic mass is 35.5. The maximum Gasteiger partial charge on any atom is 0.101 e. The number of halogens is 1. The molecule has 1 rings (SSSR count).